The van der Waals surface area contributed by atoms with E-state index in [2.05, 4.69) is 4.98 Å². The Morgan fingerprint density at radius 2 is 2.00 bits per heavy atom. The Balaban J connectivity index is 3.71. The number of hydrogen-bond donors (Lipinski definition) is 0. The van der Waals surface area contributed by atoms with Crippen LogP contribution in [0.3, 0.4) is 0 Å². The lowest BCUT2D eigenvalue weighted by molar-refractivity contribution is -0.386. The van der Waals surface area contributed by atoms with E-state index in [-0.39, 0.29) is 6.20 Å². The Morgan fingerprint density at radius 1 is 1.44 bits per heavy atom. The first-order valence-electron chi connectivity index (χ1n) is 4.12. The van der Waals surface area contributed by atoms with Crippen molar-refractivity contribution in [3.8, 4) is 6.07 Å². The number of nitro groups is 1. The summed E-state index contributed by atoms with van der Waals surface area (Å²) in [4.78, 5) is 11.7. The van der Waals surface area contributed by atoms with Gasteiger partial charge in [0.2, 0.25) is 0 Å². The van der Waals surface area contributed by atoms with Gasteiger partial charge in [-0.15, -0.1) is 0 Å². The molecule has 0 unspecified atom stereocenters. The lowest BCUT2D eigenvalue weighted by Crippen LogP contribution is -2.14. The van der Waals surface area contributed by atoms with Crippen molar-refractivity contribution >= 4 is 5.69 Å². The fraction of sp³-hybridized carbons (Fsp3) is 0.250. The summed E-state index contributed by atoms with van der Waals surface area (Å²) in [6.07, 6.45) is -8.68. The Kier molecular flexibility index (Phi) is 3.45. The van der Waals surface area contributed by atoms with Crippen molar-refractivity contribution in [1.29, 1.82) is 5.26 Å². The highest BCUT2D eigenvalue weighted by Gasteiger charge is 2.40. The summed E-state index contributed by atoms with van der Waals surface area (Å²) in [5, 5.41) is 18.9. The third-order valence-corrected chi connectivity index (χ3v) is 1.89. The molecule has 0 atom stereocenters. The Hall–Kier alpha value is -2.31. The highest BCUT2D eigenvalue weighted by Crippen LogP contribution is 2.38. The fourth-order valence-electron chi connectivity index (χ4n) is 1.21. The highest BCUT2D eigenvalue weighted by atomic mass is 19.4. The molecule has 0 amide bonds. The summed E-state index contributed by atoms with van der Waals surface area (Å²) in [5.41, 5.74) is -6.31. The maximum atomic E-state index is 12.6. The maximum Gasteiger partial charge on any atom is 0.434 e. The van der Waals surface area contributed by atoms with Gasteiger partial charge in [-0.3, -0.25) is 10.1 Å². The molecule has 0 radical (unpaired) electrons. The van der Waals surface area contributed by atoms with Gasteiger partial charge in [0.15, 0.2) is 5.69 Å². The zero-order valence-corrected chi connectivity index (χ0v) is 8.20. The number of nitriles is 1. The van der Waals surface area contributed by atoms with E-state index in [1.165, 1.54) is 0 Å². The van der Waals surface area contributed by atoms with Crippen LogP contribution in [0.2, 0.25) is 0 Å². The van der Waals surface area contributed by atoms with Gasteiger partial charge in [0.1, 0.15) is 17.8 Å². The predicted molar refractivity (Wildman–Crippen MR) is 45.6 cm³/mol. The Morgan fingerprint density at radius 3 is 2.33 bits per heavy atom. The van der Waals surface area contributed by atoms with Gasteiger partial charge in [0.25, 0.3) is 12.1 Å². The van der Waals surface area contributed by atoms with Gasteiger partial charge in [0.05, 0.1) is 10.5 Å². The molecule has 10 heteroatoms. The largest absolute Gasteiger partial charge is 0.434 e. The van der Waals surface area contributed by atoms with Crippen molar-refractivity contribution in [2.24, 2.45) is 0 Å². The van der Waals surface area contributed by atoms with E-state index in [9.17, 15) is 32.1 Å². The first-order chi connectivity index (χ1) is 8.20. The van der Waals surface area contributed by atoms with E-state index in [1.54, 1.807) is 0 Å². The smallest absolute Gasteiger partial charge is 0.258 e. The third-order valence-electron chi connectivity index (χ3n) is 1.89. The molecular weight excluding hydrogens is 265 g/mol. The first-order valence-corrected chi connectivity index (χ1v) is 4.12. The summed E-state index contributed by atoms with van der Waals surface area (Å²) in [7, 11) is 0. The molecule has 1 rings (SSSR count). The zero-order chi connectivity index (χ0) is 14.1. The van der Waals surface area contributed by atoms with E-state index in [4.69, 9.17) is 5.26 Å². The molecular formula is C8H2F5N3O2. The molecule has 0 saturated heterocycles. The molecule has 5 nitrogen and oxygen atoms in total. The van der Waals surface area contributed by atoms with Gasteiger partial charge in [-0.1, -0.05) is 0 Å². The number of alkyl halides is 5. The zero-order valence-electron chi connectivity index (χ0n) is 8.20. The van der Waals surface area contributed by atoms with Gasteiger partial charge < -0.3 is 0 Å². The lowest BCUT2D eigenvalue weighted by Gasteiger charge is -2.10. The highest BCUT2D eigenvalue weighted by molar-refractivity contribution is 5.53. The van der Waals surface area contributed by atoms with E-state index in [1.807, 2.05) is 0 Å². The predicted octanol–water partition coefficient (Wildman–Crippen LogP) is 2.82. The summed E-state index contributed by atoms with van der Waals surface area (Å²) < 4.78 is 62.3. The molecule has 0 aromatic carbocycles. The molecule has 0 N–H and O–H groups in total. The molecule has 1 aromatic rings. The number of pyridine rings is 1. The molecule has 0 aliphatic heterocycles. The van der Waals surface area contributed by atoms with Gasteiger partial charge in [-0.05, 0) is 0 Å². The number of nitrogens with zero attached hydrogens (tertiary/aromatic N) is 3. The van der Waals surface area contributed by atoms with Gasteiger partial charge in [-0.25, -0.2) is 13.8 Å². The number of hydrogen-bond acceptors (Lipinski definition) is 4. The van der Waals surface area contributed by atoms with Crippen molar-refractivity contribution in [3.05, 3.63) is 33.1 Å². The van der Waals surface area contributed by atoms with Crippen LogP contribution in [0.5, 0.6) is 0 Å². The van der Waals surface area contributed by atoms with E-state index in [0.717, 1.165) is 6.07 Å². The number of aromatic nitrogens is 1. The molecule has 0 aliphatic carbocycles. The van der Waals surface area contributed by atoms with Gasteiger partial charge in [-0.2, -0.15) is 18.4 Å². The van der Waals surface area contributed by atoms with Crippen LogP contribution >= 0.6 is 0 Å². The average molecular weight is 267 g/mol. The molecule has 0 aliphatic rings. The van der Waals surface area contributed by atoms with E-state index >= 15 is 0 Å². The molecule has 1 aromatic heterocycles. The number of halogens is 5. The standard InChI is InChI=1S/C8H2F5N3O2/c9-7(10)5-3(1-14)6(8(11,12)13)15-2-4(5)16(17)18/h2,7H. The lowest BCUT2D eigenvalue weighted by atomic mass is 10.1. The molecule has 96 valence electrons. The van der Waals surface area contributed by atoms with Crippen molar-refractivity contribution < 1.29 is 26.9 Å². The first kappa shape index (κ1) is 13.8. The average Bonchev–Trinajstić information content (AvgIpc) is 2.25. The van der Waals surface area contributed by atoms with Crippen molar-refractivity contribution in [1.82, 2.24) is 4.98 Å². The molecule has 0 bridgehead atoms. The number of rotatable bonds is 2. The second-order valence-electron chi connectivity index (χ2n) is 2.95. The van der Waals surface area contributed by atoms with Gasteiger partial charge >= 0.3 is 6.18 Å². The quantitative estimate of drug-likeness (QED) is 0.468. The summed E-state index contributed by atoms with van der Waals surface area (Å²) in [5.74, 6) is 0. The van der Waals surface area contributed by atoms with Crippen LogP contribution in [-0.2, 0) is 6.18 Å². The normalized spacial score (nSPS) is 11.4. The Bertz CT molecular complexity index is 535. The van der Waals surface area contributed by atoms with Crippen molar-refractivity contribution in [2.45, 2.75) is 12.6 Å². The van der Waals surface area contributed by atoms with Crippen LogP contribution < -0.4 is 0 Å². The molecule has 0 spiro atoms. The summed E-state index contributed by atoms with van der Waals surface area (Å²) in [6.45, 7) is 0. The van der Waals surface area contributed by atoms with Crippen molar-refractivity contribution in [3.63, 3.8) is 0 Å². The van der Waals surface area contributed by atoms with Gasteiger partial charge in [0, 0.05) is 0 Å². The summed E-state index contributed by atoms with van der Waals surface area (Å²) in [6, 6.07) is 0.880. The topological polar surface area (TPSA) is 79.8 Å². The SMILES string of the molecule is N#Cc1c(C(F)(F)F)ncc([N+](=O)[O-])c1C(F)F. The molecule has 0 saturated carbocycles. The molecule has 0 fully saturated rings. The van der Waals surface area contributed by atoms with Crippen LogP contribution in [0.4, 0.5) is 27.6 Å². The third kappa shape index (κ3) is 2.34. The van der Waals surface area contributed by atoms with Crippen LogP contribution in [0.15, 0.2) is 6.20 Å². The monoisotopic (exact) mass is 267 g/mol. The fourth-order valence-corrected chi connectivity index (χ4v) is 1.21. The second-order valence-corrected chi connectivity index (χ2v) is 2.95. The minimum absolute atomic E-state index is 0.0607. The van der Waals surface area contributed by atoms with Crippen LogP contribution in [0.1, 0.15) is 23.2 Å². The minimum Gasteiger partial charge on any atom is -0.258 e. The summed E-state index contributed by atoms with van der Waals surface area (Å²) >= 11 is 0. The van der Waals surface area contributed by atoms with Crippen LogP contribution in [0.25, 0.3) is 0 Å². The van der Waals surface area contributed by atoms with Crippen LogP contribution in [0, 0.1) is 21.4 Å². The van der Waals surface area contributed by atoms with E-state index < -0.39 is 40.0 Å². The Labute approximate surface area is 95.6 Å². The van der Waals surface area contributed by atoms with E-state index in [0.29, 0.717) is 0 Å². The molecule has 18 heavy (non-hydrogen) atoms. The second kappa shape index (κ2) is 4.52. The van der Waals surface area contributed by atoms with Crippen molar-refractivity contribution in [2.75, 3.05) is 0 Å². The molecule has 1 heterocycles. The maximum absolute atomic E-state index is 12.6. The minimum atomic E-state index is -5.15. The van der Waals surface area contributed by atoms with Crippen LogP contribution in [-0.4, -0.2) is 9.91 Å².